The molecule has 37 heavy (non-hydrogen) atoms. The van der Waals surface area contributed by atoms with Crippen molar-refractivity contribution in [3.8, 4) is 0 Å². The van der Waals surface area contributed by atoms with Gasteiger partial charge in [-0.25, -0.2) is 4.79 Å². The van der Waals surface area contributed by atoms with Crippen LogP contribution in [0.5, 0.6) is 0 Å². The van der Waals surface area contributed by atoms with E-state index in [2.05, 4.69) is 6.58 Å². The third-order valence-electron chi connectivity index (χ3n) is 5.91. The number of ketones is 1. The van der Waals surface area contributed by atoms with Gasteiger partial charge in [-0.1, -0.05) is 6.08 Å². The lowest BCUT2D eigenvalue weighted by Crippen LogP contribution is -2.44. The average Bonchev–Trinajstić information content (AvgIpc) is 3.02. The van der Waals surface area contributed by atoms with Gasteiger partial charge in [-0.3, -0.25) is 9.59 Å². The third kappa shape index (κ3) is 6.05. The molecule has 1 atom stereocenters. The van der Waals surface area contributed by atoms with Crippen LogP contribution in [-0.4, -0.2) is 46.3 Å². The molecule has 1 heterocycles. The van der Waals surface area contributed by atoms with E-state index in [1.165, 1.54) is 31.5 Å². The summed E-state index contributed by atoms with van der Waals surface area (Å²) in [5.41, 5.74) is -3.39. The lowest BCUT2D eigenvalue weighted by Gasteiger charge is -2.28. The van der Waals surface area contributed by atoms with Crippen molar-refractivity contribution in [2.45, 2.75) is 46.1 Å². The Balaban J connectivity index is 2.59. The Labute approximate surface area is 209 Å². The Morgan fingerprint density at radius 1 is 1.05 bits per heavy atom. The van der Waals surface area contributed by atoms with Crippen molar-refractivity contribution in [2.75, 3.05) is 13.2 Å². The minimum atomic E-state index is -5.15. The topological polar surface area (TPSA) is 68.6 Å². The minimum Gasteiger partial charge on any atom is -0.461 e. The average molecular weight is 532 g/mol. The van der Waals surface area contributed by atoms with E-state index in [4.69, 9.17) is 4.74 Å². The molecule has 0 aliphatic heterocycles. The summed E-state index contributed by atoms with van der Waals surface area (Å²) >= 11 is 0. The number of carbonyl (C=O) groups excluding carboxylic acids is 3. The van der Waals surface area contributed by atoms with Gasteiger partial charge in [0, 0.05) is 30.4 Å². The summed E-state index contributed by atoms with van der Waals surface area (Å²) in [5.74, 6) is -2.58. The van der Waals surface area contributed by atoms with Gasteiger partial charge in [0.2, 0.25) is 0 Å². The Morgan fingerprint density at radius 2 is 1.57 bits per heavy atom. The molecule has 0 radical (unpaired) electrons. The summed E-state index contributed by atoms with van der Waals surface area (Å²) in [7, 11) is 1.53. The van der Waals surface area contributed by atoms with Crippen molar-refractivity contribution in [3.63, 3.8) is 0 Å². The summed E-state index contributed by atoms with van der Waals surface area (Å²) in [5, 5.41) is 0. The zero-order valence-corrected chi connectivity index (χ0v) is 20.8. The number of hydrogen-bond donors (Lipinski definition) is 0. The number of rotatable bonds is 8. The normalized spacial score (nSPS) is 12.7. The van der Waals surface area contributed by atoms with Gasteiger partial charge in [-0.2, -0.15) is 26.3 Å². The standard InChI is InChI=1S/C25H26F6N2O4/c1-7-9-33(22(35)16-10-17(24(26,27)28)12-18(11-16)25(29,30)31)15(5)21(34)19-13(3)20(23(36)37-8-2)32(6)14(19)4/h7,10-12,15H,1,8-9H2,2-6H3. The van der Waals surface area contributed by atoms with Gasteiger partial charge >= 0.3 is 18.3 Å². The fraction of sp³-hybridized carbons (Fsp3) is 0.400. The molecule has 1 aromatic heterocycles. The van der Waals surface area contributed by atoms with Gasteiger partial charge in [0.25, 0.3) is 5.91 Å². The number of amides is 1. The van der Waals surface area contributed by atoms with Gasteiger partial charge in [0.05, 0.1) is 23.8 Å². The Bertz CT molecular complexity index is 1190. The Morgan fingerprint density at radius 3 is 2.00 bits per heavy atom. The molecular formula is C25H26F6N2O4. The number of aromatic nitrogens is 1. The molecule has 0 N–H and O–H groups in total. The van der Waals surface area contributed by atoms with Gasteiger partial charge in [0.15, 0.2) is 5.78 Å². The van der Waals surface area contributed by atoms with Crippen molar-refractivity contribution >= 4 is 17.7 Å². The molecule has 1 amide bonds. The minimum absolute atomic E-state index is 0.0833. The van der Waals surface area contributed by atoms with Crippen molar-refractivity contribution < 1.29 is 45.5 Å². The van der Waals surface area contributed by atoms with Gasteiger partial charge < -0.3 is 14.2 Å². The van der Waals surface area contributed by atoms with Crippen LogP contribution in [0.2, 0.25) is 0 Å². The van der Waals surface area contributed by atoms with Crippen LogP contribution in [0.25, 0.3) is 0 Å². The molecular weight excluding hydrogens is 506 g/mol. The molecule has 1 aromatic carbocycles. The van der Waals surface area contributed by atoms with Gasteiger partial charge in [0.1, 0.15) is 5.69 Å². The number of alkyl halides is 6. The molecule has 0 saturated carbocycles. The number of nitrogens with zero attached hydrogens (tertiary/aromatic N) is 2. The molecule has 6 nitrogen and oxygen atoms in total. The highest BCUT2D eigenvalue weighted by Crippen LogP contribution is 2.37. The maximum Gasteiger partial charge on any atom is 0.416 e. The molecule has 0 aliphatic carbocycles. The molecule has 0 saturated heterocycles. The molecule has 12 heteroatoms. The zero-order valence-electron chi connectivity index (χ0n) is 20.8. The maximum absolute atomic E-state index is 13.5. The smallest absolute Gasteiger partial charge is 0.416 e. The monoisotopic (exact) mass is 532 g/mol. The fourth-order valence-corrected chi connectivity index (χ4v) is 3.98. The largest absolute Gasteiger partial charge is 0.461 e. The molecule has 0 spiro atoms. The first kappa shape index (κ1) is 29.7. The highest BCUT2D eigenvalue weighted by atomic mass is 19.4. The van der Waals surface area contributed by atoms with Crippen molar-refractivity contribution in [3.05, 3.63) is 70.1 Å². The highest BCUT2D eigenvalue weighted by Gasteiger charge is 2.39. The quantitative estimate of drug-likeness (QED) is 0.188. The number of ether oxygens (including phenoxy) is 1. The van der Waals surface area contributed by atoms with E-state index in [-0.39, 0.29) is 36.0 Å². The number of hydrogen-bond acceptors (Lipinski definition) is 4. The Kier molecular flexibility index (Phi) is 8.67. The van der Waals surface area contributed by atoms with Crippen LogP contribution < -0.4 is 0 Å². The van der Waals surface area contributed by atoms with Crippen LogP contribution in [-0.2, 0) is 24.1 Å². The predicted molar refractivity (Wildman–Crippen MR) is 122 cm³/mol. The molecule has 0 fully saturated rings. The fourth-order valence-electron chi connectivity index (χ4n) is 3.98. The molecule has 0 bridgehead atoms. The van der Waals surface area contributed by atoms with Crippen LogP contribution in [0, 0.1) is 13.8 Å². The van der Waals surface area contributed by atoms with E-state index in [1.54, 1.807) is 13.8 Å². The number of esters is 1. The van der Waals surface area contributed by atoms with E-state index < -0.39 is 52.7 Å². The van der Waals surface area contributed by atoms with E-state index in [9.17, 15) is 40.7 Å². The van der Waals surface area contributed by atoms with Crippen LogP contribution >= 0.6 is 0 Å². The van der Waals surface area contributed by atoms with Crippen LogP contribution in [0.3, 0.4) is 0 Å². The molecule has 2 rings (SSSR count). The summed E-state index contributed by atoms with van der Waals surface area (Å²) in [6.07, 6.45) is -9.11. The van der Waals surface area contributed by atoms with Crippen LogP contribution in [0.4, 0.5) is 26.3 Å². The number of halogens is 6. The summed E-state index contributed by atoms with van der Waals surface area (Å²) in [6.45, 7) is 9.16. The first-order valence-corrected chi connectivity index (χ1v) is 11.1. The van der Waals surface area contributed by atoms with Crippen LogP contribution in [0.15, 0.2) is 30.9 Å². The zero-order chi connectivity index (χ0) is 28.5. The molecule has 2 aromatic rings. The lowest BCUT2D eigenvalue weighted by molar-refractivity contribution is -0.143. The number of benzene rings is 1. The SMILES string of the molecule is C=CCN(C(=O)c1cc(C(F)(F)F)cc(C(F)(F)F)c1)C(C)C(=O)c1c(C)c(C(=O)OCC)n(C)c1C. The first-order chi connectivity index (χ1) is 17.0. The summed E-state index contributed by atoms with van der Waals surface area (Å²) in [6, 6.07) is -0.799. The third-order valence-corrected chi connectivity index (χ3v) is 5.91. The number of Topliss-reactive ketones (excluding diaryl/α,β-unsaturated/α-hetero) is 1. The van der Waals surface area contributed by atoms with E-state index in [0.29, 0.717) is 17.8 Å². The predicted octanol–water partition coefficient (Wildman–Crippen LogP) is 5.76. The molecule has 0 aliphatic rings. The van der Waals surface area contributed by atoms with Gasteiger partial charge in [-0.05, 0) is 51.5 Å². The number of carbonyl (C=O) groups is 3. The van der Waals surface area contributed by atoms with E-state index in [1.807, 2.05) is 0 Å². The van der Waals surface area contributed by atoms with E-state index >= 15 is 0 Å². The molecule has 202 valence electrons. The summed E-state index contributed by atoms with van der Waals surface area (Å²) in [4.78, 5) is 39.9. The van der Waals surface area contributed by atoms with Crippen molar-refractivity contribution in [1.82, 2.24) is 9.47 Å². The van der Waals surface area contributed by atoms with Crippen LogP contribution in [0.1, 0.15) is 67.4 Å². The second-order valence-electron chi connectivity index (χ2n) is 8.29. The second kappa shape index (κ2) is 10.8. The second-order valence-corrected chi connectivity index (χ2v) is 8.29. The molecule has 1 unspecified atom stereocenters. The van der Waals surface area contributed by atoms with E-state index in [0.717, 1.165) is 4.90 Å². The van der Waals surface area contributed by atoms with Gasteiger partial charge in [-0.15, -0.1) is 6.58 Å². The van der Waals surface area contributed by atoms with Crippen molar-refractivity contribution in [2.24, 2.45) is 7.05 Å². The lowest BCUT2D eigenvalue weighted by atomic mass is 9.98. The Hall–Kier alpha value is -3.57. The summed E-state index contributed by atoms with van der Waals surface area (Å²) < 4.78 is 86.3. The maximum atomic E-state index is 13.5. The first-order valence-electron chi connectivity index (χ1n) is 11.1. The van der Waals surface area contributed by atoms with Crippen molar-refractivity contribution in [1.29, 1.82) is 0 Å². The highest BCUT2D eigenvalue weighted by molar-refractivity contribution is 6.07.